The molecule has 2 saturated carbocycles. The molecule has 1 N–H and O–H groups in total. The van der Waals surface area contributed by atoms with Crippen molar-refractivity contribution in [2.75, 3.05) is 32.7 Å². The molecule has 1 saturated heterocycles. The fraction of sp³-hybridized carbons (Fsp3) is 0.765. The molecule has 0 aromatic carbocycles. The van der Waals surface area contributed by atoms with Crippen LogP contribution in [0.15, 0.2) is 16.5 Å². The molecule has 0 atom stereocenters. The van der Waals surface area contributed by atoms with Crippen LogP contribution in [0.2, 0.25) is 0 Å². The lowest BCUT2D eigenvalue weighted by molar-refractivity contribution is 0.117. The average molecular weight is 289 g/mol. The van der Waals surface area contributed by atoms with Crippen molar-refractivity contribution in [2.45, 2.75) is 44.8 Å². The minimum Gasteiger partial charge on any atom is -0.463 e. The Morgan fingerprint density at radius 1 is 0.952 bits per heavy atom. The first-order valence-corrected chi connectivity index (χ1v) is 8.61. The van der Waals surface area contributed by atoms with Gasteiger partial charge in [-0.2, -0.15) is 0 Å². The highest BCUT2D eigenvalue weighted by molar-refractivity contribution is 5.07. The predicted octanol–water partition coefficient (Wildman–Crippen LogP) is 2.06. The zero-order valence-corrected chi connectivity index (χ0v) is 12.9. The Bertz CT molecular complexity index is 456. The third-order valence-corrected chi connectivity index (χ3v) is 4.92. The Morgan fingerprint density at radius 2 is 1.67 bits per heavy atom. The monoisotopic (exact) mass is 289 g/mol. The van der Waals surface area contributed by atoms with E-state index in [9.17, 15) is 0 Å². The summed E-state index contributed by atoms with van der Waals surface area (Å²) < 4.78 is 5.95. The molecule has 0 unspecified atom stereocenters. The fourth-order valence-corrected chi connectivity index (χ4v) is 3.15. The lowest BCUT2D eigenvalue weighted by atomic mass is 10.2. The van der Waals surface area contributed by atoms with Crippen LogP contribution < -0.4 is 5.32 Å². The largest absolute Gasteiger partial charge is 0.463 e. The summed E-state index contributed by atoms with van der Waals surface area (Å²) in [6.45, 7) is 8.03. The van der Waals surface area contributed by atoms with Crippen molar-refractivity contribution in [1.82, 2.24) is 15.1 Å². The molecule has 0 radical (unpaired) electrons. The smallest absolute Gasteiger partial charge is 0.118 e. The van der Waals surface area contributed by atoms with Crippen molar-refractivity contribution in [2.24, 2.45) is 5.92 Å². The van der Waals surface area contributed by atoms with Crippen molar-refractivity contribution in [1.29, 1.82) is 0 Å². The number of nitrogens with zero attached hydrogens (tertiary/aromatic N) is 2. The summed E-state index contributed by atoms with van der Waals surface area (Å²) in [5.41, 5.74) is 0. The third-order valence-electron chi connectivity index (χ3n) is 4.92. The van der Waals surface area contributed by atoms with Gasteiger partial charge in [0.05, 0.1) is 13.1 Å². The lowest BCUT2D eigenvalue weighted by Crippen LogP contribution is -2.46. The van der Waals surface area contributed by atoms with Crippen LogP contribution in [-0.4, -0.2) is 48.6 Å². The molecule has 2 aliphatic carbocycles. The first-order chi connectivity index (χ1) is 10.3. The zero-order chi connectivity index (χ0) is 14.1. The van der Waals surface area contributed by atoms with Gasteiger partial charge < -0.3 is 14.6 Å². The molecule has 3 fully saturated rings. The molecule has 0 bridgehead atoms. The Hall–Kier alpha value is -0.840. The molecule has 4 heteroatoms. The van der Waals surface area contributed by atoms with Gasteiger partial charge in [-0.25, -0.2) is 0 Å². The molecule has 2 heterocycles. The van der Waals surface area contributed by atoms with E-state index < -0.39 is 0 Å². The number of hydrogen-bond acceptors (Lipinski definition) is 4. The molecule has 0 spiro atoms. The fourth-order valence-electron chi connectivity index (χ4n) is 3.15. The molecule has 1 aliphatic heterocycles. The molecule has 1 aromatic heterocycles. The maximum absolute atomic E-state index is 5.95. The summed E-state index contributed by atoms with van der Waals surface area (Å²) in [5.74, 6) is 3.23. The summed E-state index contributed by atoms with van der Waals surface area (Å²) in [6, 6.07) is 5.03. The number of nitrogens with one attached hydrogen (secondary N) is 1. The maximum atomic E-state index is 5.95. The van der Waals surface area contributed by atoms with Crippen LogP contribution in [0, 0.1) is 5.92 Å². The molecule has 116 valence electrons. The van der Waals surface area contributed by atoms with Crippen LogP contribution in [0.4, 0.5) is 0 Å². The van der Waals surface area contributed by atoms with E-state index in [1.165, 1.54) is 58.4 Å². The van der Waals surface area contributed by atoms with Gasteiger partial charge >= 0.3 is 0 Å². The van der Waals surface area contributed by atoms with Crippen molar-refractivity contribution in [3.8, 4) is 0 Å². The lowest BCUT2D eigenvalue weighted by Gasteiger charge is -2.34. The van der Waals surface area contributed by atoms with Gasteiger partial charge in [0.1, 0.15) is 11.5 Å². The van der Waals surface area contributed by atoms with E-state index in [4.69, 9.17) is 4.42 Å². The van der Waals surface area contributed by atoms with Gasteiger partial charge in [0.2, 0.25) is 0 Å². The van der Waals surface area contributed by atoms with Crippen LogP contribution in [0.3, 0.4) is 0 Å². The van der Waals surface area contributed by atoms with Crippen LogP contribution >= 0.6 is 0 Å². The van der Waals surface area contributed by atoms with Gasteiger partial charge in [0.25, 0.3) is 0 Å². The topological polar surface area (TPSA) is 31.6 Å². The molecule has 4 rings (SSSR count). The highest BCUT2D eigenvalue weighted by atomic mass is 16.3. The highest BCUT2D eigenvalue weighted by Crippen LogP contribution is 2.30. The first-order valence-electron chi connectivity index (χ1n) is 8.61. The molecule has 1 aromatic rings. The summed E-state index contributed by atoms with van der Waals surface area (Å²) in [6.07, 6.45) is 5.59. The summed E-state index contributed by atoms with van der Waals surface area (Å²) in [5, 5.41) is 3.51. The molecule has 21 heavy (non-hydrogen) atoms. The summed E-state index contributed by atoms with van der Waals surface area (Å²) in [7, 11) is 0. The van der Waals surface area contributed by atoms with E-state index in [1.807, 2.05) is 0 Å². The van der Waals surface area contributed by atoms with E-state index in [-0.39, 0.29) is 0 Å². The second-order valence-corrected chi connectivity index (χ2v) is 7.04. The highest BCUT2D eigenvalue weighted by Gasteiger charge is 2.26. The third kappa shape index (κ3) is 4.09. The Balaban J connectivity index is 1.20. The molecule has 3 aliphatic rings. The van der Waals surface area contributed by atoms with Crippen LogP contribution in [0.1, 0.15) is 37.2 Å². The van der Waals surface area contributed by atoms with E-state index >= 15 is 0 Å². The second-order valence-electron chi connectivity index (χ2n) is 7.04. The molecule has 4 nitrogen and oxygen atoms in total. The van der Waals surface area contributed by atoms with Crippen LogP contribution in [-0.2, 0) is 13.1 Å². The minimum absolute atomic E-state index is 0.748. The van der Waals surface area contributed by atoms with Gasteiger partial charge in [-0.15, -0.1) is 0 Å². The minimum atomic E-state index is 0.748. The summed E-state index contributed by atoms with van der Waals surface area (Å²) in [4.78, 5) is 5.17. The Kier molecular flexibility index (Phi) is 4.01. The summed E-state index contributed by atoms with van der Waals surface area (Å²) >= 11 is 0. The van der Waals surface area contributed by atoms with E-state index in [2.05, 4.69) is 27.2 Å². The molecule has 0 amide bonds. The van der Waals surface area contributed by atoms with Crippen molar-refractivity contribution < 1.29 is 4.42 Å². The second kappa shape index (κ2) is 6.11. The number of rotatable bonds is 7. The van der Waals surface area contributed by atoms with Gasteiger partial charge in [-0.1, -0.05) is 0 Å². The Labute approximate surface area is 127 Å². The molecular weight excluding hydrogens is 262 g/mol. The molecular formula is C17H27N3O. The maximum Gasteiger partial charge on any atom is 0.118 e. The van der Waals surface area contributed by atoms with Crippen molar-refractivity contribution in [3.05, 3.63) is 23.7 Å². The number of hydrogen-bond donors (Lipinski definition) is 1. The van der Waals surface area contributed by atoms with E-state index in [1.54, 1.807) is 0 Å². The van der Waals surface area contributed by atoms with Crippen LogP contribution in [0.5, 0.6) is 0 Å². The van der Waals surface area contributed by atoms with Crippen molar-refractivity contribution in [3.63, 3.8) is 0 Å². The van der Waals surface area contributed by atoms with Gasteiger partial charge in [-0.05, 0) is 43.7 Å². The zero-order valence-electron chi connectivity index (χ0n) is 12.9. The van der Waals surface area contributed by atoms with Crippen molar-refractivity contribution >= 4 is 0 Å². The SMILES string of the molecule is c1cc(CN2CCN(CC3CC3)CC2)oc1CNC1CC1. The van der Waals surface area contributed by atoms with Gasteiger partial charge in [0.15, 0.2) is 0 Å². The average Bonchev–Trinajstić information content (AvgIpc) is 3.41. The van der Waals surface area contributed by atoms with Crippen LogP contribution in [0.25, 0.3) is 0 Å². The normalized spacial score (nSPS) is 24.6. The predicted molar refractivity (Wildman–Crippen MR) is 83.0 cm³/mol. The van der Waals surface area contributed by atoms with E-state index in [0.717, 1.165) is 36.6 Å². The number of furan rings is 1. The number of piperazine rings is 1. The standard InChI is InChI=1S/C17H27N3O/c1-2-14(1)12-19-7-9-20(10-8-19)13-17-6-5-16(21-17)11-18-15-3-4-15/h5-6,14-15,18H,1-4,7-13H2. The van der Waals surface area contributed by atoms with Gasteiger partial charge in [-0.3, -0.25) is 4.90 Å². The van der Waals surface area contributed by atoms with Gasteiger partial charge in [0, 0.05) is 38.8 Å². The Morgan fingerprint density at radius 3 is 2.38 bits per heavy atom. The first kappa shape index (κ1) is 13.8. The quantitative estimate of drug-likeness (QED) is 0.832. The van der Waals surface area contributed by atoms with E-state index in [0.29, 0.717) is 0 Å².